The lowest BCUT2D eigenvalue weighted by molar-refractivity contribution is -0.135. The first-order chi connectivity index (χ1) is 9.37. The minimum absolute atomic E-state index is 0.0199. The highest BCUT2D eigenvalue weighted by atomic mass is 32.2. The topological polar surface area (TPSA) is 84.3 Å². The van der Waals surface area contributed by atoms with Gasteiger partial charge in [0.05, 0.1) is 6.26 Å². The number of sulfonamides is 1. The number of rotatable bonds is 4. The van der Waals surface area contributed by atoms with E-state index in [4.69, 9.17) is 0 Å². The molecule has 1 unspecified atom stereocenters. The van der Waals surface area contributed by atoms with E-state index >= 15 is 0 Å². The zero-order valence-electron chi connectivity index (χ0n) is 11.7. The van der Waals surface area contributed by atoms with E-state index in [1.165, 1.54) is 0 Å². The lowest BCUT2D eigenvalue weighted by Crippen LogP contribution is -2.47. The number of aromatic nitrogens is 2. The Morgan fingerprint density at radius 1 is 1.40 bits per heavy atom. The first-order valence-electron chi connectivity index (χ1n) is 6.62. The largest absolute Gasteiger partial charge is 0.341 e. The second-order valence-corrected chi connectivity index (χ2v) is 6.93. The first-order valence-corrected chi connectivity index (χ1v) is 8.51. The summed E-state index contributed by atoms with van der Waals surface area (Å²) in [7, 11) is -3.18. The molecule has 0 aliphatic carbocycles. The second kappa shape index (κ2) is 5.92. The molecule has 0 radical (unpaired) electrons. The van der Waals surface area contributed by atoms with Gasteiger partial charge in [-0.05, 0) is 25.8 Å². The van der Waals surface area contributed by atoms with E-state index in [9.17, 15) is 13.2 Å². The average molecular weight is 300 g/mol. The number of carbonyl (C=O) groups is 1. The van der Waals surface area contributed by atoms with Gasteiger partial charge in [-0.1, -0.05) is 0 Å². The number of piperidine rings is 1. The molecule has 0 aromatic carbocycles. The molecule has 8 heteroatoms. The fourth-order valence-electron chi connectivity index (χ4n) is 2.41. The van der Waals surface area contributed by atoms with Crippen molar-refractivity contribution in [3.05, 3.63) is 18.5 Å². The van der Waals surface area contributed by atoms with Gasteiger partial charge in [0.2, 0.25) is 15.9 Å². The molecule has 1 fully saturated rings. The molecular weight excluding hydrogens is 280 g/mol. The third-order valence-corrected chi connectivity index (χ3v) is 4.23. The summed E-state index contributed by atoms with van der Waals surface area (Å²) >= 11 is 0. The van der Waals surface area contributed by atoms with Gasteiger partial charge in [0.25, 0.3) is 0 Å². The van der Waals surface area contributed by atoms with Crippen LogP contribution < -0.4 is 4.72 Å². The molecule has 0 saturated carbocycles. The number of likely N-dealkylation sites (tertiary alicyclic amines) is 1. The Hall–Kier alpha value is -1.41. The second-order valence-electron chi connectivity index (χ2n) is 5.15. The van der Waals surface area contributed by atoms with Crippen molar-refractivity contribution in [2.45, 2.75) is 31.8 Å². The van der Waals surface area contributed by atoms with E-state index in [-0.39, 0.29) is 18.0 Å². The molecule has 0 bridgehead atoms. The van der Waals surface area contributed by atoms with Crippen molar-refractivity contribution in [1.29, 1.82) is 0 Å². The van der Waals surface area contributed by atoms with Crippen molar-refractivity contribution in [1.82, 2.24) is 19.4 Å². The van der Waals surface area contributed by atoms with Crippen molar-refractivity contribution in [2.75, 3.05) is 19.3 Å². The number of nitrogens with zero attached hydrogens (tertiary/aromatic N) is 3. The summed E-state index contributed by atoms with van der Waals surface area (Å²) in [6.07, 6.45) is 5.85. The van der Waals surface area contributed by atoms with Gasteiger partial charge >= 0.3 is 0 Å². The summed E-state index contributed by atoms with van der Waals surface area (Å²) in [4.78, 5) is 14.1. The van der Waals surface area contributed by atoms with Crippen LogP contribution in [-0.4, -0.2) is 54.4 Å². The SMILES string of the molecule is CC(C(=O)N1CCC(NS(C)(=O)=O)CC1)n1cccn1. The highest BCUT2D eigenvalue weighted by Crippen LogP contribution is 2.16. The van der Waals surface area contributed by atoms with E-state index in [2.05, 4.69) is 9.82 Å². The highest BCUT2D eigenvalue weighted by molar-refractivity contribution is 7.88. The van der Waals surface area contributed by atoms with Crippen molar-refractivity contribution in [3.63, 3.8) is 0 Å². The van der Waals surface area contributed by atoms with E-state index < -0.39 is 10.0 Å². The third-order valence-electron chi connectivity index (χ3n) is 3.47. The number of amides is 1. The number of hydrogen-bond donors (Lipinski definition) is 1. The van der Waals surface area contributed by atoms with E-state index in [0.29, 0.717) is 25.9 Å². The first kappa shape index (κ1) is 15.0. The molecule has 2 heterocycles. The van der Waals surface area contributed by atoms with Gasteiger partial charge in [-0.2, -0.15) is 5.10 Å². The van der Waals surface area contributed by atoms with Crippen LogP contribution in [0.5, 0.6) is 0 Å². The van der Waals surface area contributed by atoms with Crippen LogP contribution in [0.1, 0.15) is 25.8 Å². The Bertz CT molecular complexity index is 547. The number of hydrogen-bond acceptors (Lipinski definition) is 4. The average Bonchev–Trinajstić information content (AvgIpc) is 2.90. The molecule has 1 aromatic heterocycles. The van der Waals surface area contributed by atoms with Crippen molar-refractivity contribution < 1.29 is 13.2 Å². The molecule has 1 aliphatic heterocycles. The zero-order chi connectivity index (χ0) is 14.8. The Morgan fingerprint density at radius 2 is 2.05 bits per heavy atom. The van der Waals surface area contributed by atoms with Gasteiger partial charge in [-0.3, -0.25) is 9.48 Å². The third kappa shape index (κ3) is 3.80. The fraction of sp³-hybridized carbons (Fsp3) is 0.667. The van der Waals surface area contributed by atoms with E-state index in [0.717, 1.165) is 6.26 Å². The van der Waals surface area contributed by atoms with Gasteiger partial charge in [0, 0.05) is 31.5 Å². The predicted molar refractivity (Wildman–Crippen MR) is 74.5 cm³/mol. The molecule has 1 aromatic rings. The van der Waals surface area contributed by atoms with Crippen LogP contribution in [0.3, 0.4) is 0 Å². The van der Waals surface area contributed by atoms with Crippen LogP contribution in [-0.2, 0) is 14.8 Å². The lowest BCUT2D eigenvalue weighted by Gasteiger charge is -2.33. The molecule has 112 valence electrons. The van der Waals surface area contributed by atoms with Crippen LogP contribution >= 0.6 is 0 Å². The maximum atomic E-state index is 12.3. The fourth-order valence-corrected chi connectivity index (χ4v) is 3.25. The normalized spacial score (nSPS) is 19.0. The molecule has 1 atom stereocenters. The number of carbonyl (C=O) groups excluding carboxylic acids is 1. The summed E-state index contributed by atoms with van der Waals surface area (Å²) in [6, 6.07) is 1.38. The van der Waals surface area contributed by atoms with Crippen LogP contribution in [0.25, 0.3) is 0 Å². The van der Waals surface area contributed by atoms with Crippen molar-refractivity contribution >= 4 is 15.9 Å². The van der Waals surface area contributed by atoms with Crippen LogP contribution in [0, 0.1) is 0 Å². The summed E-state index contributed by atoms with van der Waals surface area (Å²) < 4.78 is 26.6. The molecular formula is C12H20N4O3S. The monoisotopic (exact) mass is 300 g/mol. The molecule has 0 spiro atoms. The molecule has 2 rings (SSSR count). The van der Waals surface area contributed by atoms with Crippen LogP contribution in [0.2, 0.25) is 0 Å². The predicted octanol–water partition coefficient (Wildman–Crippen LogP) is -0.0157. The Morgan fingerprint density at radius 3 is 2.55 bits per heavy atom. The van der Waals surface area contributed by atoms with E-state index in [1.807, 2.05) is 6.92 Å². The smallest absolute Gasteiger partial charge is 0.247 e. The maximum absolute atomic E-state index is 12.3. The Kier molecular flexibility index (Phi) is 4.44. The minimum Gasteiger partial charge on any atom is -0.341 e. The molecule has 20 heavy (non-hydrogen) atoms. The molecule has 1 amide bonds. The molecule has 1 N–H and O–H groups in total. The maximum Gasteiger partial charge on any atom is 0.247 e. The minimum atomic E-state index is -3.18. The van der Waals surface area contributed by atoms with Crippen LogP contribution in [0.15, 0.2) is 18.5 Å². The Labute approximate surface area is 119 Å². The van der Waals surface area contributed by atoms with Crippen LogP contribution in [0.4, 0.5) is 0 Å². The van der Waals surface area contributed by atoms with Gasteiger partial charge in [-0.15, -0.1) is 0 Å². The summed E-state index contributed by atoms with van der Waals surface area (Å²) in [5.41, 5.74) is 0. The van der Waals surface area contributed by atoms with E-state index in [1.54, 1.807) is 28.0 Å². The van der Waals surface area contributed by atoms with Gasteiger partial charge in [0.15, 0.2) is 0 Å². The zero-order valence-corrected chi connectivity index (χ0v) is 12.5. The van der Waals surface area contributed by atoms with Crippen molar-refractivity contribution in [2.24, 2.45) is 0 Å². The van der Waals surface area contributed by atoms with Gasteiger partial charge in [-0.25, -0.2) is 13.1 Å². The molecule has 7 nitrogen and oxygen atoms in total. The Balaban J connectivity index is 1.89. The summed E-state index contributed by atoms with van der Waals surface area (Å²) in [6.45, 7) is 2.95. The van der Waals surface area contributed by atoms with Gasteiger partial charge in [0.1, 0.15) is 6.04 Å². The molecule has 1 aliphatic rings. The standard InChI is InChI=1S/C12H20N4O3S/c1-10(16-7-3-6-13-16)12(17)15-8-4-11(5-9-15)14-20(2,18)19/h3,6-7,10-11,14H,4-5,8-9H2,1-2H3. The summed E-state index contributed by atoms with van der Waals surface area (Å²) in [5.74, 6) is 0.0199. The molecule has 1 saturated heterocycles. The quantitative estimate of drug-likeness (QED) is 0.847. The number of nitrogens with one attached hydrogen (secondary N) is 1. The van der Waals surface area contributed by atoms with Gasteiger partial charge < -0.3 is 4.90 Å². The lowest BCUT2D eigenvalue weighted by atomic mass is 10.1. The summed E-state index contributed by atoms with van der Waals surface area (Å²) in [5, 5.41) is 4.07. The van der Waals surface area contributed by atoms with Crippen molar-refractivity contribution in [3.8, 4) is 0 Å². The highest BCUT2D eigenvalue weighted by Gasteiger charge is 2.27.